The second-order valence-corrected chi connectivity index (χ2v) is 7.65. The Labute approximate surface area is 162 Å². The van der Waals surface area contributed by atoms with Gasteiger partial charge in [-0.05, 0) is 17.7 Å². The quantitative estimate of drug-likeness (QED) is 0.296. The van der Waals surface area contributed by atoms with Crippen LogP contribution in [-0.2, 0) is 5.75 Å². The number of nitrogens with zero attached hydrogens (tertiary/aromatic N) is 2. The molecule has 0 unspecified atom stereocenters. The van der Waals surface area contributed by atoms with Crippen LogP contribution in [0.15, 0.2) is 69.7 Å². The molecule has 2 heterocycles. The van der Waals surface area contributed by atoms with Gasteiger partial charge in [-0.15, -0.1) is 23.1 Å². The lowest BCUT2D eigenvalue weighted by Crippen LogP contribution is -2.10. The van der Waals surface area contributed by atoms with E-state index in [9.17, 15) is 14.9 Å². The molecule has 0 saturated carbocycles. The van der Waals surface area contributed by atoms with Gasteiger partial charge in [0.15, 0.2) is 0 Å². The average Bonchev–Trinajstić information content (AvgIpc) is 3.12. The first-order valence-corrected chi connectivity index (χ1v) is 9.91. The molecule has 0 fully saturated rings. The number of H-pyrrole nitrogens is 1. The van der Waals surface area contributed by atoms with E-state index in [1.807, 2.05) is 35.7 Å². The molecule has 134 valence electrons. The molecule has 0 aliphatic heterocycles. The summed E-state index contributed by atoms with van der Waals surface area (Å²) in [5.41, 5.74) is 1.78. The summed E-state index contributed by atoms with van der Waals surface area (Å²) < 4.78 is 0. The van der Waals surface area contributed by atoms with Crippen molar-refractivity contribution < 1.29 is 4.92 Å². The number of non-ortho nitro benzene ring substituents is 1. The highest BCUT2D eigenvalue weighted by molar-refractivity contribution is 7.98. The zero-order valence-electron chi connectivity index (χ0n) is 13.9. The van der Waals surface area contributed by atoms with Crippen LogP contribution >= 0.6 is 23.1 Å². The molecule has 0 aliphatic carbocycles. The predicted octanol–water partition coefficient (Wildman–Crippen LogP) is 4.85. The zero-order chi connectivity index (χ0) is 18.8. The highest BCUT2D eigenvalue weighted by Gasteiger charge is 2.13. The van der Waals surface area contributed by atoms with Gasteiger partial charge in [-0.2, -0.15) is 0 Å². The van der Waals surface area contributed by atoms with E-state index < -0.39 is 4.92 Å². The molecule has 0 amide bonds. The molecule has 4 rings (SSSR count). The third-order valence-corrected chi connectivity index (χ3v) is 5.90. The second-order valence-electron chi connectivity index (χ2n) is 5.75. The monoisotopic (exact) mass is 395 g/mol. The first kappa shape index (κ1) is 17.4. The average molecular weight is 395 g/mol. The smallest absolute Gasteiger partial charge is 0.269 e. The van der Waals surface area contributed by atoms with Gasteiger partial charge >= 0.3 is 0 Å². The first-order valence-electron chi connectivity index (χ1n) is 8.05. The molecule has 8 heteroatoms. The Kier molecular flexibility index (Phi) is 4.74. The number of rotatable bonds is 5. The molecular weight excluding hydrogens is 382 g/mol. The number of fused-ring (bicyclic) bond motifs is 1. The van der Waals surface area contributed by atoms with E-state index in [1.54, 1.807) is 12.1 Å². The summed E-state index contributed by atoms with van der Waals surface area (Å²) in [5.74, 6) is 1.05. The van der Waals surface area contributed by atoms with E-state index in [0.717, 1.165) is 16.0 Å². The minimum Gasteiger partial charge on any atom is -0.309 e. The molecule has 0 radical (unpaired) electrons. The standard InChI is InChI=1S/C19H13N3O3S2/c23-18-17-15(12-4-2-1-3-5-12)10-27-19(17)21-16(20-18)11-26-14-8-6-13(7-9-14)22(24)25/h1-10H,11H2,(H,20,21,23). The van der Waals surface area contributed by atoms with Crippen molar-refractivity contribution in [2.75, 3.05) is 0 Å². The van der Waals surface area contributed by atoms with Gasteiger partial charge in [-0.3, -0.25) is 14.9 Å². The van der Waals surface area contributed by atoms with Crippen LogP contribution in [0, 0.1) is 10.1 Å². The molecule has 1 N–H and O–H groups in total. The molecule has 0 spiro atoms. The minimum absolute atomic E-state index is 0.0549. The summed E-state index contributed by atoms with van der Waals surface area (Å²) in [6.07, 6.45) is 0. The fraction of sp³-hybridized carbons (Fsp3) is 0.0526. The number of hydrogen-bond donors (Lipinski definition) is 1. The third kappa shape index (κ3) is 3.62. The van der Waals surface area contributed by atoms with Crippen molar-refractivity contribution in [3.05, 3.63) is 86.3 Å². The van der Waals surface area contributed by atoms with Gasteiger partial charge in [-0.1, -0.05) is 30.3 Å². The highest BCUT2D eigenvalue weighted by atomic mass is 32.2. The van der Waals surface area contributed by atoms with Crippen LogP contribution in [0.4, 0.5) is 5.69 Å². The number of aromatic amines is 1. The maximum Gasteiger partial charge on any atom is 0.269 e. The Morgan fingerprint density at radius 3 is 2.56 bits per heavy atom. The van der Waals surface area contributed by atoms with Crippen LogP contribution in [0.2, 0.25) is 0 Å². The Morgan fingerprint density at radius 1 is 1.11 bits per heavy atom. The van der Waals surface area contributed by atoms with Crippen LogP contribution in [0.5, 0.6) is 0 Å². The van der Waals surface area contributed by atoms with E-state index in [-0.39, 0.29) is 11.2 Å². The van der Waals surface area contributed by atoms with Crippen molar-refractivity contribution in [2.24, 2.45) is 0 Å². The number of aromatic nitrogens is 2. The summed E-state index contributed by atoms with van der Waals surface area (Å²) in [7, 11) is 0. The first-order chi connectivity index (χ1) is 13.1. The maximum absolute atomic E-state index is 12.6. The summed E-state index contributed by atoms with van der Waals surface area (Å²) in [4.78, 5) is 31.9. The van der Waals surface area contributed by atoms with E-state index in [4.69, 9.17) is 0 Å². The molecule has 0 bridgehead atoms. The number of thiophene rings is 1. The molecule has 6 nitrogen and oxygen atoms in total. The number of nitrogens with one attached hydrogen (secondary N) is 1. The highest BCUT2D eigenvalue weighted by Crippen LogP contribution is 2.31. The number of nitro groups is 1. The second kappa shape index (κ2) is 7.34. The number of hydrogen-bond acceptors (Lipinski definition) is 6. The summed E-state index contributed by atoms with van der Waals surface area (Å²) in [5, 5.41) is 13.3. The van der Waals surface area contributed by atoms with Gasteiger partial charge in [0, 0.05) is 28.0 Å². The summed E-state index contributed by atoms with van der Waals surface area (Å²) in [6, 6.07) is 16.1. The number of benzene rings is 2. The van der Waals surface area contributed by atoms with Crippen molar-refractivity contribution in [3.63, 3.8) is 0 Å². The Balaban J connectivity index is 1.59. The van der Waals surface area contributed by atoms with Crippen molar-refractivity contribution >= 4 is 39.0 Å². The summed E-state index contributed by atoms with van der Waals surface area (Å²) in [6.45, 7) is 0. The van der Waals surface area contributed by atoms with Crippen LogP contribution in [0.25, 0.3) is 21.3 Å². The molecular formula is C19H13N3O3S2. The fourth-order valence-corrected chi connectivity index (χ4v) is 4.44. The minimum atomic E-state index is -0.428. The fourth-order valence-electron chi connectivity index (χ4n) is 2.71. The predicted molar refractivity (Wildman–Crippen MR) is 108 cm³/mol. The molecule has 0 atom stereocenters. The lowest BCUT2D eigenvalue weighted by atomic mass is 10.1. The Hall–Kier alpha value is -2.97. The number of nitro benzene ring substituents is 1. The molecule has 4 aromatic rings. The van der Waals surface area contributed by atoms with Gasteiger partial charge in [0.2, 0.25) is 0 Å². The van der Waals surface area contributed by atoms with Crippen molar-refractivity contribution in [2.45, 2.75) is 10.6 Å². The lowest BCUT2D eigenvalue weighted by molar-refractivity contribution is -0.384. The molecule has 2 aromatic heterocycles. The zero-order valence-corrected chi connectivity index (χ0v) is 15.5. The van der Waals surface area contributed by atoms with Crippen LogP contribution in [0.1, 0.15) is 5.82 Å². The van der Waals surface area contributed by atoms with Gasteiger partial charge < -0.3 is 4.98 Å². The molecule has 0 saturated heterocycles. The van der Waals surface area contributed by atoms with Gasteiger partial charge in [0.25, 0.3) is 11.2 Å². The van der Waals surface area contributed by atoms with Gasteiger partial charge in [0.05, 0.1) is 16.1 Å². The largest absolute Gasteiger partial charge is 0.309 e. The molecule has 27 heavy (non-hydrogen) atoms. The van der Waals surface area contributed by atoms with E-state index in [1.165, 1.54) is 35.2 Å². The van der Waals surface area contributed by atoms with Crippen molar-refractivity contribution in [1.29, 1.82) is 0 Å². The third-order valence-electron chi connectivity index (χ3n) is 4.00. The normalized spacial score (nSPS) is 11.0. The molecule has 2 aromatic carbocycles. The Morgan fingerprint density at radius 2 is 1.85 bits per heavy atom. The van der Waals surface area contributed by atoms with Gasteiger partial charge in [-0.25, -0.2) is 4.98 Å². The SMILES string of the molecule is O=c1[nH]c(CSc2ccc([N+](=O)[O-])cc2)nc2scc(-c3ccccc3)c12. The van der Waals surface area contributed by atoms with Gasteiger partial charge in [0.1, 0.15) is 10.7 Å². The van der Waals surface area contributed by atoms with Crippen LogP contribution in [0.3, 0.4) is 0 Å². The topological polar surface area (TPSA) is 88.9 Å². The number of thioether (sulfide) groups is 1. The lowest BCUT2D eigenvalue weighted by Gasteiger charge is -2.03. The summed E-state index contributed by atoms with van der Waals surface area (Å²) >= 11 is 2.91. The van der Waals surface area contributed by atoms with Crippen molar-refractivity contribution in [3.8, 4) is 11.1 Å². The Bertz CT molecular complexity index is 1170. The van der Waals surface area contributed by atoms with Crippen LogP contribution in [-0.4, -0.2) is 14.9 Å². The van der Waals surface area contributed by atoms with E-state index >= 15 is 0 Å². The van der Waals surface area contributed by atoms with E-state index in [0.29, 0.717) is 21.8 Å². The maximum atomic E-state index is 12.6. The van der Waals surface area contributed by atoms with Crippen LogP contribution < -0.4 is 5.56 Å². The molecule has 0 aliphatic rings. The van der Waals surface area contributed by atoms with Crippen molar-refractivity contribution in [1.82, 2.24) is 9.97 Å². The van der Waals surface area contributed by atoms with E-state index in [2.05, 4.69) is 9.97 Å².